The van der Waals surface area contributed by atoms with Crippen molar-refractivity contribution in [2.24, 2.45) is 0 Å². The second-order valence-corrected chi connectivity index (χ2v) is 15.1. The average Bonchev–Trinajstić information content (AvgIpc) is 3.82. The van der Waals surface area contributed by atoms with Crippen molar-refractivity contribution in [3.8, 4) is 22.3 Å². The van der Waals surface area contributed by atoms with Gasteiger partial charge in [0.05, 0.1) is 5.41 Å². The molecule has 0 amide bonds. The molecule has 2 aliphatic rings. The number of rotatable bonds is 5. The lowest BCUT2D eigenvalue weighted by Crippen LogP contribution is -2.28. The van der Waals surface area contributed by atoms with Crippen molar-refractivity contribution < 1.29 is 0 Å². The maximum absolute atomic E-state index is 2.47. The van der Waals surface area contributed by atoms with Crippen LogP contribution < -0.4 is 4.90 Å². The fourth-order valence-corrected chi connectivity index (χ4v) is 9.75. The topological polar surface area (TPSA) is 3.24 Å². The number of nitrogens with zero attached hydrogens (tertiary/aromatic N) is 1. The van der Waals surface area contributed by atoms with E-state index < -0.39 is 5.41 Å². The van der Waals surface area contributed by atoms with Gasteiger partial charge in [-0.25, -0.2) is 0 Å². The van der Waals surface area contributed by atoms with E-state index in [-0.39, 0.29) is 5.41 Å². The highest BCUT2D eigenvalue weighted by Crippen LogP contribution is 2.57. The molecule has 0 N–H and O–H groups in total. The number of benzene rings is 7. The molecule has 0 radical (unpaired) electrons. The number of hydrogen-bond donors (Lipinski definition) is 0. The fourth-order valence-electron chi connectivity index (χ4n) is 8.93. The van der Waals surface area contributed by atoms with E-state index >= 15 is 0 Å². The average molecular weight is 658 g/mol. The van der Waals surface area contributed by atoms with Crippen molar-refractivity contribution in [3.63, 3.8) is 0 Å². The normalized spacial score (nSPS) is 14.5. The molecule has 0 atom stereocenters. The van der Waals surface area contributed by atoms with E-state index in [4.69, 9.17) is 0 Å². The molecule has 0 saturated carbocycles. The van der Waals surface area contributed by atoms with Crippen molar-refractivity contribution in [1.29, 1.82) is 0 Å². The first-order valence-electron chi connectivity index (χ1n) is 17.4. The number of anilines is 3. The van der Waals surface area contributed by atoms with Gasteiger partial charge in [0.15, 0.2) is 0 Å². The molecule has 0 fully saturated rings. The Kier molecular flexibility index (Phi) is 6.37. The van der Waals surface area contributed by atoms with E-state index in [1.807, 2.05) is 0 Å². The third kappa shape index (κ3) is 4.06. The molecule has 0 bridgehead atoms. The molecular weight excluding hydrogens is 623 g/mol. The Morgan fingerprint density at radius 3 is 1.60 bits per heavy atom. The van der Waals surface area contributed by atoms with Crippen molar-refractivity contribution in [2.45, 2.75) is 24.7 Å². The monoisotopic (exact) mass is 657 g/mol. The highest BCUT2D eigenvalue weighted by molar-refractivity contribution is 7.17. The van der Waals surface area contributed by atoms with Gasteiger partial charge in [-0.3, -0.25) is 0 Å². The van der Waals surface area contributed by atoms with Gasteiger partial charge in [0.2, 0.25) is 0 Å². The lowest BCUT2D eigenvalue weighted by atomic mass is 9.67. The molecule has 0 aliphatic heterocycles. The van der Waals surface area contributed by atoms with Crippen LogP contribution in [0, 0.1) is 0 Å². The second-order valence-electron chi connectivity index (χ2n) is 14.1. The predicted molar refractivity (Wildman–Crippen MR) is 211 cm³/mol. The Labute approximate surface area is 297 Å². The van der Waals surface area contributed by atoms with Crippen LogP contribution in [0.1, 0.15) is 47.2 Å². The highest BCUT2D eigenvalue weighted by Gasteiger charge is 2.46. The molecule has 8 aromatic rings. The summed E-state index contributed by atoms with van der Waals surface area (Å²) < 4.78 is 1.29. The SMILES string of the molecule is CC1(C)c2ccccc2-c2ccc(N(c3ccc4c(c3)C(c3ccccc3)(c3ccccc3)c3ccccc3-4)c3ccc4ccsc4c3)cc21. The summed E-state index contributed by atoms with van der Waals surface area (Å²) in [5.74, 6) is 0. The van der Waals surface area contributed by atoms with Crippen molar-refractivity contribution in [1.82, 2.24) is 0 Å². The van der Waals surface area contributed by atoms with E-state index in [1.165, 1.54) is 71.4 Å². The molecule has 2 heteroatoms. The van der Waals surface area contributed by atoms with Crippen molar-refractivity contribution in [2.75, 3.05) is 4.90 Å². The van der Waals surface area contributed by atoms with Gasteiger partial charge in [-0.15, -0.1) is 11.3 Å². The van der Waals surface area contributed by atoms with Gasteiger partial charge in [0.25, 0.3) is 0 Å². The van der Waals surface area contributed by atoms with Gasteiger partial charge in [0.1, 0.15) is 0 Å². The van der Waals surface area contributed by atoms with Crippen molar-refractivity contribution >= 4 is 38.5 Å². The molecule has 7 aromatic carbocycles. The van der Waals surface area contributed by atoms with Gasteiger partial charge >= 0.3 is 0 Å². The van der Waals surface area contributed by atoms with E-state index in [2.05, 4.69) is 194 Å². The minimum atomic E-state index is -0.463. The largest absolute Gasteiger partial charge is 0.310 e. The molecule has 0 spiro atoms. The molecule has 0 unspecified atom stereocenters. The van der Waals surface area contributed by atoms with Crippen LogP contribution in [0.15, 0.2) is 175 Å². The second kappa shape index (κ2) is 10.9. The Morgan fingerprint density at radius 1 is 0.420 bits per heavy atom. The van der Waals surface area contributed by atoms with E-state index in [1.54, 1.807) is 11.3 Å². The number of fused-ring (bicyclic) bond motifs is 7. The zero-order valence-corrected chi connectivity index (χ0v) is 28.9. The first kappa shape index (κ1) is 29.2. The molecule has 0 saturated heterocycles. The first-order chi connectivity index (χ1) is 24.5. The van der Waals surface area contributed by atoms with Gasteiger partial charge in [-0.2, -0.15) is 0 Å². The Balaban J connectivity index is 1.24. The summed E-state index contributed by atoms with van der Waals surface area (Å²) >= 11 is 1.80. The van der Waals surface area contributed by atoms with Crippen LogP contribution in [0.3, 0.4) is 0 Å². The summed E-state index contributed by atoms with van der Waals surface area (Å²) in [7, 11) is 0. The number of hydrogen-bond acceptors (Lipinski definition) is 2. The standard InChI is InChI=1S/C48H35NS/c1-47(2)42-19-11-9-17-38(42)40-25-23-35(29-44(40)47)49(37-22-21-32-27-28-50-46(32)31-37)36-24-26-41-39-18-10-12-20-43(39)48(45(41)30-36,33-13-5-3-6-14-33)34-15-7-4-8-16-34/h3-31H,1-2H3. The molecule has 1 heterocycles. The van der Waals surface area contributed by atoms with Gasteiger partial charge in [-0.1, -0.05) is 141 Å². The third-order valence-corrected chi connectivity index (χ3v) is 12.1. The molecule has 1 nitrogen and oxygen atoms in total. The van der Waals surface area contributed by atoms with E-state index in [0.29, 0.717) is 0 Å². The molecule has 2 aliphatic carbocycles. The maximum atomic E-state index is 2.47. The van der Waals surface area contributed by atoms with Crippen LogP contribution in [0.4, 0.5) is 17.1 Å². The lowest BCUT2D eigenvalue weighted by molar-refractivity contribution is 0.660. The zero-order valence-electron chi connectivity index (χ0n) is 28.1. The Morgan fingerprint density at radius 2 is 0.920 bits per heavy atom. The van der Waals surface area contributed by atoms with Gasteiger partial charge in [0, 0.05) is 27.2 Å². The van der Waals surface area contributed by atoms with Crippen LogP contribution in [-0.4, -0.2) is 0 Å². The summed E-state index contributed by atoms with van der Waals surface area (Å²) in [5, 5.41) is 3.47. The predicted octanol–water partition coefficient (Wildman–Crippen LogP) is 13.0. The summed E-state index contributed by atoms with van der Waals surface area (Å²) in [5.41, 5.74) is 16.1. The zero-order chi connectivity index (χ0) is 33.5. The molecular formula is C48H35NS. The fraction of sp³-hybridized carbons (Fsp3) is 0.0833. The van der Waals surface area contributed by atoms with Gasteiger partial charge in [-0.05, 0) is 109 Å². The Bertz CT molecular complexity index is 2540. The first-order valence-corrected chi connectivity index (χ1v) is 18.3. The van der Waals surface area contributed by atoms with Crippen LogP contribution in [0.5, 0.6) is 0 Å². The minimum absolute atomic E-state index is 0.0966. The van der Waals surface area contributed by atoms with Crippen LogP contribution in [0.25, 0.3) is 32.3 Å². The van der Waals surface area contributed by atoms with Gasteiger partial charge < -0.3 is 4.90 Å². The minimum Gasteiger partial charge on any atom is -0.310 e. The quantitative estimate of drug-likeness (QED) is 0.178. The molecule has 1 aromatic heterocycles. The summed E-state index contributed by atoms with van der Waals surface area (Å²) in [6.45, 7) is 4.73. The molecule has 10 rings (SSSR count). The molecule has 238 valence electrons. The summed E-state index contributed by atoms with van der Waals surface area (Å²) in [6, 6.07) is 63.4. The lowest BCUT2D eigenvalue weighted by Gasteiger charge is -2.35. The summed E-state index contributed by atoms with van der Waals surface area (Å²) in [4.78, 5) is 2.47. The summed E-state index contributed by atoms with van der Waals surface area (Å²) in [6.07, 6.45) is 0. The van der Waals surface area contributed by atoms with Crippen LogP contribution >= 0.6 is 11.3 Å². The van der Waals surface area contributed by atoms with E-state index in [9.17, 15) is 0 Å². The van der Waals surface area contributed by atoms with Crippen LogP contribution in [-0.2, 0) is 10.8 Å². The smallest absolute Gasteiger partial charge is 0.0714 e. The maximum Gasteiger partial charge on any atom is 0.0714 e. The van der Waals surface area contributed by atoms with Crippen LogP contribution in [0.2, 0.25) is 0 Å². The Hall–Kier alpha value is -5.70. The highest BCUT2D eigenvalue weighted by atomic mass is 32.1. The van der Waals surface area contributed by atoms with E-state index in [0.717, 1.165) is 11.4 Å². The number of thiophene rings is 1. The third-order valence-electron chi connectivity index (χ3n) is 11.2. The molecule has 50 heavy (non-hydrogen) atoms. The van der Waals surface area contributed by atoms with Crippen molar-refractivity contribution in [3.05, 3.63) is 209 Å².